The normalized spacial score (nSPS) is 19.2. The summed E-state index contributed by atoms with van der Waals surface area (Å²) in [4.78, 5) is 18.4. The van der Waals surface area contributed by atoms with Crippen LogP contribution in [-0.2, 0) is 16.0 Å². The van der Waals surface area contributed by atoms with Gasteiger partial charge in [-0.25, -0.2) is 0 Å². The number of fused-ring (bicyclic) bond motifs is 1. The van der Waals surface area contributed by atoms with Gasteiger partial charge in [0.05, 0.1) is 0 Å². The number of aromatic nitrogens is 2. The fourth-order valence-corrected chi connectivity index (χ4v) is 17.0. The Morgan fingerprint density at radius 2 is 1.45 bits per heavy atom. The van der Waals surface area contributed by atoms with Gasteiger partial charge in [0.1, 0.15) is 0 Å². The van der Waals surface area contributed by atoms with Crippen molar-refractivity contribution in [2.45, 2.75) is 85.2 Å². The predicted molar refractivity (Wildman–Crippen MR) is 172 cm³/mol. The molecule has 0 N–H and O–H groups in total. The Bertz CT molecular complexity index is 975. The van der Waals surface area contributed by atoms with Gasteiger partial charge in [0.2, 0.25) is 0 Å². The minimum absolute atomic E-state index is 0.707. The molecule has 10 heteroatoms. The maximum atomic E-state index is 5.51. The van der Waals surface area contributed by atoms with E-state index in [1.165, 1.54) is 83.7 Å². The van der Waals surface area contributed by atoms with Gasteiger partial charge >= 0.3 is 265 Å². The summed E-state index contributed by atoms with van der Waals surface area (Å²) < 4.78 is 18.2. The van der Waals surface area contributed by atoms with Crippen LogP contribution in [0, 0.1) is 0 Å². The molecule has 0 saturated carbocycles. The summed E-state index contributed by atoms with van der Waals surface area (Å²) in [7, 11) is 0. The standard InChI is InChI=1S/C18H24N5O2S.3C4H9.2Sn/c1-5-24-6-2-22(1)14-10-21(11-14)12-15-9-16-17(26-15)18(20-13-19-16)23-3-7-25-8-4-23;3*1-3-4-2;;/h9,14H,1-8,10-12H2;3*1,3-4H2,2H3;;. The van der Waals surface area contributed by atoms with Crippen molar-refractivity contribution in [2.24, 2.45) is 0 Å². The molecule has 3 saturated heterocycles. The SMILES string of the molecule is CCC[CH2][Sn]([CH2]CCC)[CH2]CCC.[Sn][c]1nc(N2CCOCC2)c2sc(CN3CC(N4CCOCC4)C3)cc2n1. The van der Waals surface area contributed by atoms with Crippen LogP contribution in [0.25, 0.3) is 10.2 Å². The van der Waals surface area contributed by atoms with E-state index in [0.717, 1.165) is 74.3 Å². The van der Waals surface area contributed by atoms with Gasteiger partial charge in [-0.2, -0.15) is 0 Å². The van der Waals surface area contributed by atoms with E-state index in [-0.39, 0.29) is 0 Å². The Morgan fingerprint density at radius 1 is 0.875 bits per heavy atom. The monoisotopic (exact) mass is 785 g/mol. The van der Waals surface area contributed by atoms with Gasteiger partial charge in [0.25, 0.3) is 0 Å². The number of likely N-dealkylation sites (tertiary alicyclic amines) is 1. The Hall–Kier alpha value is 0.277. The molecule has 3 fully saturated rings. The van der Waals surface area contributed by atoms with Crippen molar-refractivity contribution in [2.75, 3.05) is 70.6 Å². The fourth-order valence-electron chi connectivity index (χ4n) is 5.75. The molecule has 0 atom stereocenters. The van der Waals surface area contributed by atoms with Gasteiger partial charge in [0, 0.05) is 0 Å². The molecule has 0 spiro atoms. The van der Waals surface area contributed by atoms with E-state index in [1.807, 2.05) is 11.3 Å². The van der Waals surface area contributed by atoms with E-state index in [4.69, 9.17) is 19.4 Å². The summed E-state index contributed by atoms with van der Waals surface area (Å²) in [6, 6.07) is 2.99. The first-order chi connectivity index (χ1) is 19.6. The molecule has 0 unspecified atom stereocenters. The van der Waals surface area contributed by atoms with E-state index in [9.17, 15) is 0 Å². The summed E-state index contributed by atoms with van der Waals surface area (Å²) in [5.41, 5.74) is 1.11. The number of anilines is 1. The van der Waals surface area contributed by atoms with Crippen molar-refractivity contribution >= 4 is 73.5 Å². The van der Waals surface area contributed by atoms with Gasteiger partial charge in [-0.05, 0) is 0 Å². The number of thiophene rings is 1. The predicted octanol–water partition coefficient (Wildman–Crippen LogP) is 4.72. The Balaban J connectivity index is 0.000000243. The van der Waals surface area contributed by atoms with Crippen LogP contribution in [0.4, 0.5) is 5.82 Å². The van der Waals surface area contributed by atoms with Crippen molar-refractivity contribution in [3.05, 3.63) is 10.9 Å². The summed E-state index contributed by atoms with van der Waals surface area (Å²) >= 11 is 2.30. The van der Waals surface area contributed by atoms with E-state index in [1.54, 1.807) is 13.3 Å². The second-order valence-corrected chi connectivity index (χ2v) is 22.4. The third kappa shape index (κ3) is 10.2. The number of hydrogen-bond donors (Lipinski definition) is 0. The molecule has 2 aromatic rings. The van der Waals surface area contributed by atoms with Crippen LogP contribution in [0.1, 0.15) is 64.2 Å². The first kappa shape index (κ1) is 33.2. The second-order valence-electron chi connectivity index (χ2n) is 11.5. The van der Waals surface area contributed by atoms with Crippen LogP contribution >= 0.6 is 11.3 Å². The van der Waals surface area contributed by atoms with Crippen molar-refractivity contribution < 1.29 is 9.47 Å². The van der Waals surface area contributed by atoms with Crippen molar-refractivity contribution in [1.82, 2.24) is 19.8 Å². The van der Waals surface area contributed by atoms with Crippen molar-refractivity contribution in [3.63, 3.8) is 0 Å². The molecular weight excluding hydrogens is 732 g/mol. The third-order valence-corrected chi connectivity index (χ3v) is 19.1. The zero-order valence-corrected chi connectivity index (χ0v) is 31.8. The average Bonchev–Trinajstić information content (AvgIpc) is 3.37. The molecule has 3 aliphatic heterocycles. The molecule has 222 valence electrons. The van der Waals surface area contributed by atoms with Gasteiger partial charge < -0.3 is 4.74 Å². The summed E-state index contributed by atoms with van der Waals surface area (Å²) in [5.74, 6) is 1.11. The molecule has 4 radical (unpaired) electrons. The van der Waals surface area contributed by atoms with Gasteiger partial charge in [-0.15, -0.1) is 0 Å². The van der Waals surface area contributed by atoms with E-state index in [2.05, 4.69) is 41.5 Å². The molecular formula is C30H51N5O2SSn2. The number of morpholine rings is 2. The van der Waals surface area contributed by atoms with Crippen LogP contribution < -0.4 is 8.74 Å². The zero-order chi connectivity index (χ0) is 28.2. The topological polar surface area (TPSA) is 54.0 Å². The molecule has 3 aliphatic rings. The van der Waals surface area contributed by atoms with Gasteiger partial charge in [0.15, 0.2) is 0 Å². The van der Waals surface area contributed by atoms with Gasteiger partial charge in [-0.1, -0.05) is 0 Å². The molecule has 0 amide bonds. The summed E-state index contributed by atoms with van der Waals surface area (Å²) in [6.45, 7) is 17.7. The van der Waals surface area contributed by atoms with Crippen molar-refractivity contribution in [1.29, 1.82) is 0 Å². The molecule has 0 aliphatic carbocycles. The van der Waals surface area contributed by atoms with Crippen LogP contribution in [0.5, 0.6) is 0 Å². The Morgan fingerprint density at radius 3 is 2.02 bits per heavy atom. The number of ether oxygens (including phenoxy) is 2. The molecule has 5 heterocycles. The second kappa shape index (κ2) is 18.2. The summed E-state index contributed by atoms with van der Waals surface area (Å²) in [6.07, 6.45) is 8.85. The van der Waals surface area contributed by atoms with Crippen LogP contribution in [0.15, 0.2) is 6.07 Å². The molecule has 0 bridgehead atoms. The molecule has 7 nitrogen and oxygen atoms in total. The van der Waals surface area contributed by atoms with Gasteiger partial charge in [-0.3, -0.25) is 0 Å². The Kier molecular flexibility index (Phi) is 15.1. The minimum atomic E-state index is -0.839. The molecule has 5 rings (SSSR count). The molecule has 40 heavy (non-hydrogen) atoms. The molecule has 0 aromatic carbocycles. The van der Waals surface area contributed by atoms with E-state index < -0.39 is 19.8 Å². The zero-order valence-electron chi connectivity index (χ0n) is 25.3. The number of unbranched alkanes of at least 4 members (excludes halogenated alkanes) is 3. The Labute approximate surface area is 267 Å². The quantitative estimate of drug-likeness (QED) is 0.273. The molecule has 2 aromatic heterocycles. The number of hydrogen-bond acceptors (Lipinski definition) is 8. The average molecular weight is 783 g/mol. The number of rotatable bonds is 13. The van der Waals surface area contributed by atoms with Crippen LogP contribution in [0.3, 0.4) is 0 Å². The van der Waals surface area contributed by atoms with Crippen LogP contribution in [-0.4, -0.2) is 134 Å². The first-order valence-corrected chi connectivity index (χ1v) is 24.1. The third-order valence-electron chi connectivity index (χ3n) is 8.25. The maximum absolute atomic E-state index is 5.51. The van der Waals surface area contributed by atoms with Crippen molar-refractivity contribution in [3.8, 4) is 0 Å². The fraction of sp³-hybridized carbons (Fsp3) is 0.800. The van der Waals surface area contributed by atoms with E-state index in [0.29, 0.717) is 6.04 Å². The van der Waals surface area contributed by atoms with E-state index >= 15 is 0 Å². The van der Waals surface area contributed by atoms with Crippen LogP contribution in [0.2, 0.25) is 13.3 Å². The first-order valence-electron chi connectivity index (χ1n) is 15.8. The number of nitrogens with zero attached hydrogens (tertiary/aromatic N) is 5. The summed E-state index contributed by atoms with van der Waals surface area (Å²) in [5, 5.41) is 0.